The van der Waals surface area contributed by atoms with E-state index in [-0.39, 0.29) is 37.3 Å². The van der Waals surface area contributed by atoms with Crippen molar-refractivity contribution in [3.05, 3.63) is 41.8 Å². The first-order valence-electron chi connectivity index (χ1n) is 14.4. The van der Waals surface area contributed by atoms with Crippen molar-refractivity contribution in [1.82, 2.24) is 0 Å². The molecule has 0 bridgehead atoms. The molecule has 0 aromatic heterocycles. The number of rotatable bonds is 7. The molecule has 4 aliphatic heterocycles. The number of fused-ring (bicyclic) bond motifs is 1. The molecule has 42 heavy (non-hydrogen) atoms. The van der Waals surface area contributed by atoms with Crippen LogP contribution in [0.4, 0.5) is 0 Å². The molecule has 13 heteroatoms. The lowest BCUT2D eigenvalue weighted by atomic mass is 9.83. The van der Waals surface area contributed by atoms with Gasteiger partial charge in [0.05, 0.1) is 13.2 Å². The average Bonchev–Trinajstić information content (AvgIpc) is 3.59. The Labute approximate surface area is 247 Å². The Morgan fingerprint density at radius 2 is 1.45 bits per heavy atom. The lowest BCUT2D eigenvalue weighted by Crippen LogP contribution is -2.55. The topological polar surface area (TPSA) is 137 Å². The second-order valence-electron chi connectivity index (χ2n) is 13.0. The minimum absolute atomic E-state index is 0.139. The van der Waals surface area contributed by atoms with Gasteiger partial charge >= 0.3 is 10.4 Å². The van der Waals surface area contributed by atoms with Gasteiger partial charge in [-0.3, -0.25) is 4.55 Å². The van der Waals surface area contributed by atoms with Gasteiger partial charge in [0.15, 0.2) is 29.6 Å². The van der Waals surface area contributed by atoms with Crippen molar-refractivity contribution in [2.75, 3.05) is 13.2 Å². The van der Waals surface area contributed by atoms with E-state index >= 15 is 0 Å². The van der Waals surface area contributed by atoms with Crippen molar-refractivity contribution < 1.29 is 55.0 Å². The van der Waals surface area contributed by atoms with Crippen molar-refractivity contribution in [2.24, 2.45) is 5.92 Å². The summed E-state index contributed by atoms with van der Waals surface area (Å²) in [6.45, 7) is 11.5. The quantitative estimate of drug-likeness (QED) is 0.356. The molecule has 5 aliphatic rings. The van der Waals surface area contributed by atoms with Crippen LogP contribution in [0.5, 0.6) is 0 Å². The van der Waals surface area contributed by atoms with E-state index in [0.29, 0.717) is 13.0 Å². The van der Waals surface area contributed by atoms with Crippen LogP contribution in [0.15, 0.2) is 30.3 Å². The summed E-state index contributed by atoms with van der Waals surface area (Å²) >= 11 is 0. The zero-order valence-electron chi connectivity index (χ0n) is 24.8. The molecular weight excluding hydrogens is 572 g/mol. The first kappa shape index (κ1) is 30.7. The molecule has 1 aromatic carbocycles. The van der Waals surface area contributed by atoms with Crippen LogP contribution in [-0.2, 0) is 52.5 Å². The Hall–Kier alpha value is -1.36. The van der Waals surface area contributed by atoms with Crippen LogP contribution in [0, 0.1) is 11.8 Å². The third kappa shape index (κ3) is 6.52. The summed E-state index contributed by atoms with van der Waals surface area (Å²) in [4.78, 5) is 0. The summed E-state index contributed by atoms with van der Waals surface area (Å²) in [5.41, 5.74) is 0.739. The largest absolute Gasteiger partial charge is 0.397 e. The van der Waals surface area contributed by atoms with Gasteiger partial charge in [-0.15, -0.1) is 0 Å². The molecule has 12 nitrogen and oxygen atoms in total. The van der Waals surface area contributed by atoms with Crippen molar-refractivity contribution in [3.8, 4) is 0 Å². The standard InChI is InChI=1S/C29H40O12S/c1-27(2)33-14-20(38-27)22-17(13-19-23(22)40-29(5,6)37-19)12-18-25(41-42(30,31)32)24(21-15-34-28(3,4)39-21)36-26(35-18)16-10-8-7-9-11-16/h7-11,18-26H,12-15H2,1-6H3/p+1/t18-,19-,20+,21+,22+,23-,24+,25?,26?/m0/s1. The lowest BCUT2D eigenvalue weighted by Gasteiger charge is -2.42. The van der Waals surface area contributed by atoms with Gasteiger partial charge in [0.1, 0.15) is 61.5 Å². The van der Waals surface area contributed by atoms with Gasteiger partial charge in [0, 0.05) is 5.56 Å². The van der Waals surface area contributed by atoms with Gasteiger partial charge in [-0.2, -0.15) is 8.42 Å². The molecule has 0 amide bonds. The molecule has 234 valence electrons. The summed E-state index contributed by atoms with van der Waals surface area (Å²) in [7, 11) is -4.90. The average molecular weight is 614 g/mol. The summed E-state index contributed by atoms with van der Waals surface area (Å²) < 4.78 is 89.0. The van der Waals surface area contributed by atoms with Crippen molar-refractivity contribution >= 4 is 10.4 Å². The van der Waals surface area contributed by atoms with E-state index in [4.69, 9.17) is 42.1 Å². The summed E-state index contributed by atoms with van der Waals surface area (Å²) in [5, 5.41) is 0. The highest BCUT2D eigenvalue weighted by atomic mass is 32.3. The van der Waals surface area contributed by atoms with Gasteiger partial charge in [-0.1, -0.05) is 30.3 Å². The predicted octanol–water partition coefficient (Wildman–Crippen LogP) is 3.46. The maximum atomic E-state index is 12.2. The zero-order chi connectivity index (χ0) is 30.1. The number of benzene rings is 1. The Kier molecular flexibility index (Phi) is 7.97. The fraction of sp³-hybridized carbons (Fsp3) is 0.759. The van der Waals surface area contributed by atoms with Gasteiger partial charge in [-0.25, -0.2) is 4.18 Å². The molecule has 2 unspecified atom stereocenters. The fourth-order valence-electron chi connectivity index (χ4n) is 6.86. The fourth-order valence-corrected chi connectivity index (χ4v) is 7.38. The van der Waals surface area contributed by atoms with Crippen molar-refractivity contribution in [2.45, 2.75) is 121 Å². The van der Waals surface area contributed by atoms with E-state index in [9.17, 15) is 13.0 Å². The van der Waals surface area contributed by atoms with Crippen LogP contribution in [0.2, 0.25) is 0 Å². The molecule has 1 saturated carbocycles. The molecular formula is C29H41O12S+. The second kappa shape index (κ2) is 10.9. The number of hydrogen-bond acceptors (Lipinski definition) is 11. The van der Waals surface area contributed by atoms with E-state index in [2.05, 4.69) is 0 Å². The number of ether oxygens (including phenoxy) is 8. The molecule has 9 atom stereocenters. The molecule has 6 rings (SSSR count). The van der Waals surface area contributed by atoms with E-state index in [1.165, 1.54) is 0 Å². The normalized spacial score (nSPS) is 40.8. The maximum Gasteiger partial charge on any atom is 0.397 e. The smallest absolute Gasteiger partial charge is 0.348 e. The summed E-state index contributed by atoms with van der Waals surface area (Å²) in [6, 6.07) is 9.34. The minimum Gasteiger partial charge on any atom is -0.348 e. The van der Waals surface area contributed by atoms with Gasteiger partial charge in [0.25, 0.3) is 0 Å². The van der Waals surface area contributed by atoms with Gasteiger partial charge in [-0.05, 0) is 41.5 Å². The van der Waals surface area contributed by atoms with Crippen molar-refractivity contribution in [1.29, 1.82) is 0 Å². The first-order valence-corrected chi connectivity index (χ1v) is 15.8. The Bertz CT molecular complexity index is 1220. The molecule has 0 radical (unpaired) electrons. The van der Waals surface area contributed by atoms with Crippen LogP contribution >= 0.6 is 0 Å². The van der Waals surface area contributed by atoms with E-state index in [1.54, 1.807) is 13.8 Å². The van der Waals surface area contributed by atoms with Gasteiger partial charge in [0.2, 0.25) is 0 Å². The Morgan fingerprint density at radius 1 is 0.833 bits per heavy atom. The molecule has 4 heterocycles. The predicted molar refractivity (Wildman–Crippen MR) is 145 cm³/mol. The molecule has 1 aromatic rings. The van der Waals surface area contributed by atoms with E-state index < -0.39 is 58.5 Å². The lowest BCUT2D eigenvalue weighted by molar-refractivity contribution is -0.304. The summed E-state index contributed by atoms with van der Waals surface area (Å²) in [5.74, 6) is -1.63. The highest BCUT2D eigenvalue weighted by molar-refractivity contribution is 7.80. The highest BCUT2D eigenvalue weighted by Crippen LogP contribution is 2.52. The SMILES string of the molecule is CC1(C)O[C@@H]2[C@@H]([C@H]3COC(C)(C)O3)[C+](C[C@@H]3OC(c4ccccc4)O[C@H]([C@H]4COC(C)(C)O4)C3OS(=O)(=O)O)C[C@@H]2O1. The monoisotopic (exact) mass is 613 g/mol. The Morgan fingerprint density at radius 3 is 2.05 bits per heavy atom. The second-order valence-corrected chi connectivity index (χ2v) is 14.0. The maximum absolute atomic E-state index is 12.2. The zero-order valence-corrected chi connectivity index (χ0v) is 25.6. The first-order chi connectivity index (χ1) is 19.6. The van der Waals surface area contributed by atoms with Crippen molar-refractivity contribution in [3.63, 3.8) is 0 Å². The van der Waals surface area contributed by atoms with Crippen LogP contribution in [0.3, 0.4) is 0 Å². The van der Waals surface area contributed by atoms with E-state index in [0.717, 1.165) is 11.5 Å². The third-order valence-electron chi connectivity index (χ3n) is 8.38. The summed E-state index contributed by atoms with van der Waals surface area (Å²) in [6.07, 6.45) is -4.59. The molecule has 1 N–H and O–H groups in total. The van der Waals surface area contributed by atoms with Crippen LogP contribution in [-0.4, -0.2) is 86.3 Å². The molecule has 1 aliphatic carbocycles. The van der Waals surface area contributed by atoms with E-state index in [1.807, 2.05) is 58.0 Å². The molecule has 0 spiro atoms. The highest BCUT2D eigenvalue weighted by Gasteiger charge is 2.65. The third-order valence-corrected chi connectivity index (χ3v) is 8.84. The number of hydrogen-bond donors (Lipinski definition) is 1. The Balaban J connectivity index is 1.33. The molecule has 4 saturated heterocycles. The van der Waals surface area contributed by atoms with Crippen LogP contribution < -0.4 is 0 Å². The van der Waals surface area contributed by atoms with Crippen LogP contribution in [0.25, 0.3) is 0 Å². The molecule has 5 fully saturated rings. The van der Waals surface area contributed by atoms with Gasteiger partial charge < -0.3 is 37.9 Å². The minimum atomic E-state index is -4.90. The van der Waals surface area contributed by atoms with Crippen LogP contribution in [0.1, 0.15) is 66.2 Å².